The molecule has 4 nitrogen and oxygen atoms in total. The average molecular weight is 374 g/mol. The Morgan fingerprint density at radius 2 is 2.05 bits per heavy atom. The minimum Gasteiger partial charge on any atom is -0.379 e. The molecule has 0 aromatic heterocycles. The molecule has 114 valence electrons. The fourth-order valence-corrected chi connectivity index (χ4v) is 3.48. The Bertz CT molecular complexity index is 534. The lowest BCUT2D eigenvalue weighted by atomic mass is 10.2. The summed E-state index contributed by atoms with van der Waals surface area (Å²) in [6.45, 7) is 5.17. The van der Waals surface area contributed by atoms with Crippen LogP contribution < -0.4 is 0 Å². The van der Waals surface area contributed by atoms with Crippen molar-refractivity contribution in [2.75, 3.05) is 39.4 Å². The summed E-state index contributed by atoms with van der Waals surface area (Å²) in [5.74, 6) is 0.0862. The molecular weight excluding hydrogens is 356 g/mol. The van der Waals surface area contributed by atoms with Crippen LogP contribution in [0.5, 0.6) is 0 Å². The first kappa shape index (κ1) is 15.3. The summed E-state index contributed by atoms with van der Waals surface area (Å²) in [6.07, 6.45) is 1.04. The highest BCUT2D eigenvalue weighted by Crippen LogP contribution is 2.25. The molecule has 2 aliphatic rings. The van der Waals surface area contributed by atoms with Gasteiger partial charge in [-0.05, 0) is 40.5 Å². The number of rotatable bonds is 2. The summed E-state index contributed by atoms with van der Waals surface area (Å²) in [7, 11) is 0. The standard InChI is InChI=1S/C15H18BrClN2O2/c16-13-9-11(1-2-14(13)17)15(20)19-4-3-12(10-19)18-5-7-21-8-6-18/h1-2,9,12H,3-8,10H2. The molecule has 0 aliphatic carbocycles. The van der Waals surface area contributed by atoms with Gasteiger partial charge in [0.05, 0.1) is 18.2 Å². The lowest BCUT2D eigenvalue weighted by molar-refractivity contribution is 0.0185. The molecule has 6 heteroatoms. The molecule has 1 aromatic rings. The van der Waals surface area contributed by atoms with Crippen LogP contribution in [0, 0.1) is 0 Å². The molecule has 0 radical (unpaired) electrons. The van der Waals surface area contributed by atoms with Gasteiger partial charge in [-0.25, -0.2) is 0 Å². The second-order valence-electron chi connectivity index (χ2n) is 5.47. The molecule has 2 heterocycles. The Morgan fingerprint density at radius 3 is 2.76 bits per heavy atom. The van der Waals surface area contributed by atoms with Crippen LogP contribution in [-0.4, -0.2) is 61.1 Å². The first-order valence-electron chi connectivity index (χ1n) is 7.21. The van der Waals surface area contributed by atoms with Crippen molar-refractivity contribution in [2.24, 2.45) is 0 Å². The van der Waals surface area contributed by atoms with E-state index in [0.717, 1.165) is 50.3 Å². The second kappa shape index (κ2) is 6.65. The van der Waals surface area contributed by atoms with E-state index in [0.29, 0.717) is 16.6 Å². The lowest BCUT2D eigenvalue weighted by Gasteiger charge is -2.32. The van der Waals surface area contributed by atoms with Crippen molar-refractivity contribution < 1.29 is 9.53 Å². The van der Waals surface area contributed by atoms with Crippen molar-refractivity contribution in [2.45, 2.75) is 12.5 Å². The minimum atomic E-state index is 0.0862. The van der Waals surface area contributed by atoms with Crippen molar-refractivity contribution in [3.8, 4) is 0 Å². The van der Waals surface area contributed by atoms with Crippen molar-refractivity contribution in [3.63, 3.8) is 0 Å². The molecule has 2 aliphatic heterocycles. The average Bonchev–Trinajstić information content (AvgIpc) is 3.00. The smallest absolute Gasteiger partial charge is 0.253 e. The fourth-order valence-electron chi connectivity index (χ4n) is 2.98. The van der Waals surface area contributed by atoms with Crippen LogP contribution in [-0.2, 0) is 4.74 Å². The third-order valence-electron chi connectivity index (χ3n) is 4.18. The summed E-state index contributed by atoms with van der Waals surface area (Å²) < 4.78 is 6.15. The second-order valence-corrected chi connectivity index (χ2v) is 6.73. The fraction of sp³-hybridized carbons (Fsp3) is 0.533. The predicted molar refractivity (Wildman–Crippen MR) is 85.9 cm³/mol. The predicted octanol–water partition coefficient (Wildman–Crippen LogP) is 2.65. The summed E-state index contributed by atoms with van der Waals surface area (Å²) in [5, 5.41) is 0.624. The topological polar surface area (TPSA) is 32.8 Å². The van der Waals surface area contributed by atoms with Crippen LogP contribution in [0.1, 0.15) is 16.8 Å². The Kier molecular flexibility index (Phi) is 4.84. The number of carbonyl (C=O) groups is 1. The normalized spacial score (nSPS) is 23.5. The van der Waals surface area contributed by atoms with Gasteiger partial charge in [0.1, 0.15) is 0 Å². The molecule has 2 saturated heterocycles. The molecule has 1 aromatic carbocycles. The monoisotopic (exact) mass is 372 g/mol. The van der Waals surface area contributed by atoms with Crippen molar-refractivity contribution in [1.82, 2.24) is 9.80 Å². The van der Waals surface area contributed by atoms with E-state index in [2.05, 4.69) is 20.8 Å². The zero-order valence-electron chi connectivity index (χ0n) is 11.7. The highest BCUT2D eigenvalue weighted by atomic mass is 79.9. The van der Waals surface area contributed by atoms with E-state index in [1.807, 2.05) is 4.90 Å². The largest absolute Gasteiger partial charge is 0.379 e. The van der Waals surface area contributed by atoms with E-state index in [-0.39, 0.29) is 5.91 Å². The molecule has 2 fully saturated rings. The SMILES string of the molecule is O=C(c1ccc(Cl)c(Br)c1)N1CCC(N2CCOCC2)C1. The maximum atomic E-state index is 12.6. The van der Waals surface area contributed by atoms with Crippen LogP contribution in [0.25, 0.3) is 0 Å². The quantitative estimate of drug-likeness (QED) is 0.799. The number of hydrogen-bond donors (Lipinski definition) is 0. The summed E-state index contributed by atoms with van der Waals surface area (Å²) in [5.41, 5.74) is 0.689. The lowest BCUT2D eigenvalue weighted by Crippen LogP contribution is -2.45. The number of likely N-dealkylation sites (tertiary alicyclic amines) is 1. The van der Waals surface area contributed by atoms with Gasteiger partial charge in [0.2, 0.25) is 0 Å². The van der Waals surface area contributed by atoms with E-state index in [4.69, 9.17) is 16.3 Å². The molecule has 1 amide bonds. The zero-order valence-corrected chi connectivity index (χ0v) is 14.1. The number of hydrogen-bond acceptors (Lipinski definition) is 3. The van der Waals surface area contributed by atoms with E-state index in [1.165, 1.54) is 0 Å². The number of carbonyl (C=O) groups excluding carboxylic acids is 1. The summed E-state index contributed by atoms with van der Waals surface area (Å²) in [4.78, 5) is 16.9. The highest BCUT2D eigenvalue weighted by Gasteiger charge is 2.31. The highest BCUT2D eigenvalue weighted by molar-refractivity contribution is 9.10. The van der Waals surface area contributed by atoms with E-state index in [1.54, 1.807) is 18.2 Å². The molecule has 3 rings (SSSR count). The van der Waals surface area contributed by atoms with Gasteiger partial charge >= 0.3 is 0 Å². The molecule has 0 saturated carbocycles. The molecule has 0 N–H and O–H groups in total. The van der Waals surface area contributed by atoms with Gasteiger partial charge < -0.3 is 9.64 Å². The number of morpholine rings is 1. The first-order chi connectivity index (χ1) is 10.1. The Balaban J connectivity index is 1.64. The number of nitrogens with zero attached hydrogens (tertiary/aromatic N) is 2. The molecule has 1 unspecified atom stereocenters. The molecular formula is C15H18BrClN2O2. The molecule has 21 heavy (non-hydrogen) atoms. The van der Waals surface area contributed by atoms with E-state index >= 15 is 0 Å². The van der Waals surface area contributed by atoms with Gasteiger partial charge in [0.25, 0.3) is 5.91 Å². The van der Waals surface area contributed by atoms with E-state index in [9.17, 15) is 4.79 Å². The van der Waals surface area contributed by atoms with Gasteiger partial charge in [-0.3, -0.25) is 9.69 Å². The number of benzene rings is 1. The molecule has 1 atom stereocenters. The van der Waals surface area contributed by atoms with Crippen molar-refractivity contribution >= 4 is 33.4 Å². The third-order valence-corrected chi connectivity index (χ3v) is 5.39. The van der Waals surface area contributed by atoms with Crippen LogP contribution in [0.15, 0.2) is 22.7 Å². The van der Waals surface area contributed by atoms with Crippen molar-refractivity contribution in [3.05, 3.63) is 33.3 Å². The summed E-state index contributed by atoms with van der Waals surface area (Å²) in [6, 6.07) is 5.81. The number of ether oxygens (including phenoxy) is 1. The van der Waals surface area contributed by atoms with Gasteiger partial charge in [0.15, 0.2) is 0 Å². The van der Waals surface area contributed by atoms with Gasteiger partial charge in [-0.2, -0.15) is 0 Å². The van der Waals surface area contributed by atoms with Gasteiger partial charge in [0, 0.05) is 42.3 Å². The van der Waals surface area contributed by atoms with Crippen LogP contribution in [0.4, 0.5) is 0 Å². The van der Waals surface area contributed by atoms with Gasteiger partial charge in [-0.15, -0.1) is 0 Å². The number of amides is 1. The van der Waals surface area contributed by atoms with Crippen molar-refractivity contribution in [1.29, 1.82) is 0 Å². The Morgan fingerprint density at radius 1 is 1.29 bits per heavy atom. The van der Waals surface area contributed by atoms with Crippen LogP contribution >= 0.6 is 27.5 Å². The molecule has 0 spiro atoms. The maximum Gasteiger partial charge on any atom is 0.253 e. The van der Waals surface area contributed by atoms with Gasteiger partial charge in [-0.1, -0.05) is 11.6 Å². The number of halogens is 2. The minimum absolute atomic E-state index is 0.0862. The maximum absolute atomic E-state index is 12.6. The summed E-state index contributed by atoms with van der Waals surface area (Å²) >= 11 is 9.35. The Labute approximate surface area is 138 Å². The molecule has 0 bridgehead atoms. The zero-order chi connectivity index (χ0) is 14.8. The van der Waals surface area contributed by atoms with Crippen LogP contribution in [0.3, 0.4) is 0 Å². The first-order valence-corrected chi connectivity index (χ1v) is 8.38. The van der Waals surface area contributed by atoms with Crippen LogP contribution in [0.2, 0.25) is 5.02 Å². The third kappa shape index (κ3) is 3.42. The Hall–Kier alpha value is -0.620. The van der Waals surface area contributed by atoms with E-state index < -0.39 is 0 Å².